The van der Waals surface area contributed by atoms with E-state index in [0.717, 1.165) is 31.4 Å². The Morgan fingerprint density at radius 3 is 2.65 bits per heavy atom. The van der Waals surface area contributed by atoms with Crippen molar-refractivity contribution in [2.24, 2.45) is 12.5 Å². The minimum Gasteiger partial charge on any atom is -0.352 e. The normalized spacial score (nSPS) is 17.4. The van der Waals surface area contributed by atoms with Crippen molar-refractivity contribution in [3.63, 3.8) is 0 Å². The van der Waals surface area contributed by atoms with Crippen LogP contribution in [0, 0.1) is 5.41 Å². The van der Waals surface area contributed by atoms with Crippen LogP contribution in [0.15, 0.2) is 17.2 Å². The molecule has 114 valence electrons. The average molecular weight is 299 g/mol. The topological polar surface area (TPSA) is 63.1 Å². The molecule has 1 aromatic rings. The quantitative estimate of drug-likeness (QED) is 0.766. The fraction of sp³-hybridized carbons (Fsp3) is 0.714. The molecule has 0 saturated heterocycles. The fourth-order valence-corrected chi connectivity index (χ4v) is 3.89. The first-order valence-corrected chi connectivity index (χ1v) is 8.70. The summed E-state index contributed by atoms with van der Waals surface area (Å²) in [4.78, 5) is 0.359. The van der Waals surface area contributed by atoms with Crippen molar-refractivity contribution in [1.29, 1.82) is 0 Å². The number of sulfonamides is 1. The molecule has 6 heteroatoms. The largest absolute Gasteiger partial charge is 0.352 e. The Morgan fingerprint density at radius 2 is 2.10 bits per heavy atom. The molecular weight excluding hydrogens is 274 g/mol. The van der Waals surface area contributed by atoms with Crippen molar-refractivity contribution in [1.82, 2.24) is 14.6 Å². The van der Waals surface area contributed by atoms with E-state index in [1.54, 1.807) is 12.3 Å². The maximum absolute atomic E-state index is 12.3. The van der Waals surface area contributed by atoms with Crippen molar-refractivity contribution in [3.05, 3.63) is 18.0 Å². The minimum absolute atomic E-state index is 0.227. The monoisotopic (exact) mass is 299 g/mol. The molecule has 0 radical (unpaired) electrons. The standard InChI is InChI=1S/C14H25N3O2S/c1-4-5-14(6-7-14)11-16-20(18,19)13-8-12(9-15-2)17(3)10-13/h8,10,15-16H,4-7,9,11H2,1-3H3. The van der Waals surface area contributed by atoms with Gasteiger partial charge in [-0.05, 0) is 37.8 Å². The van der Waals surface area contributed by atoms with Crippen LogP contribution in [0.2, 0.25) is 0 Å². The number of hydrogen-bond acceptors (Lipinski definition) is 3. The van der Waals surface area contributed by atoms with E-state index in [1.165, 1.54) is 0 Å². The van der Waals surface area contributed by atoms with Crippen LogP contribution >= 0.6 is 0 Å². The van der Waals surface area contributed by atoms with E-state index in [-0.39, 0.29) is 5.41 Å². The maximum Gasteiger partial charge on any atom is 0.242 e. The van der Waals surface area contributed by atoms with Gasteiger partial charge in [-0.25, -0.2) is 13.1 Å². The predicted molar refractivity (Wildman–Crippen MR) is 79.9 cm³/mol. The van der Waals surface area contributed by atoms with Crippen LogP contribution in [0.1, 0.15) is 38.3 Å². The summed E-state index contributed by atoms with van der Waals surface area (Å²) in [7, 11) is 0.324. The van der Waals surface area contributed by atoms with Gasteiger partial charge >= 0.3 is 0 Å². The lowest BCUT2D eigenvalue weighted by atomic mass is 10.0. The Labute approximate surface area is 121 Å². The third-order valence-corrected chi connectivity index (χ3v) is 5.49. The Morgan fingerprint density at radius 1 is 1.40 bits per heavy atom. The van der Waals surface area contributed by atoms with Crippen molar-refractivity contribution in [2.75, 3.05) is 13.6 Å². The molecule has 0 aliphatic heterocycles. The molecule has 0 bridgehead atoms. The Bertz CT molecular complexity index is 559. The fourth-order valence-electron chi connectivity index (χ4n) is 2.63. The molecule has 0 spiro atoms. The summed E-state index contributed by atoms with van der Waals surface area (Å²) < 4.78 is 29.3. The summed E-state index contributed by atoms with van der Waals surface area (Å²) in [6.07, 6.45) is 6.18. The molecule has 0 unspecified atom stereocenters. The summed E-state index contributed by atoms with van der Waals surface area (Å²) in [5, 5.41) is 3.04. The molecule has 0 aromatic carbocycles. The lowest BCUT2D eigenvalue weighted by Crippen LogP contribution is -2.30. The summed E-state index contributed by atoms with van der Waals surface area (Å²) in [6.45, 7) is 3.38. The van der Waals surface area contributed by atoms with E-state index < -0.39 is 10.0 Å². The van der Waals surface area contributed by atoms with Crippen LogP contribution in [0.5, 0.6) is 0 Å². The molecule has 1 saturated carbocycles. The number of rotatable bonds is 8. The van der Waals surface area contributed by atoms with Crippen molar-refractivity contribution in [3.8, 4) is 0 Å². The molecule has 0 atom stereocenters. The van der Waals surface area contributed by atoms with Gasteiger partial charge in [0.1, 0.15) is 0 Å². The Kier molecular flexibility index (Phi) is 4.56. The van der Waals surface area contributed by atoms with Gasteiger partial charge in [-0.1, -0.05) is 13.3 Å². The summed E-state index contributed by atoms with van der Waals surface area (Å²) in [5.74, 6) is 0. The Hall–Kier alpha value is -0.850. The molecule has 1 aliphatic rings. The highest BCUT2D eigenvalue weighted by Gasteiger charge is 2.42. The van der Waals surface area contributed by atoms with Gasteiger partial charge < -0.3 is 9.88 Å². The lowest BCUT2D eigenvalue weighted by Gasteiger charge is -2.14. The van der Waals surface area contributed by atoms with Crippen LogP contribution in [0.25, 0.3) is 0 Å². The van der Waals surface area contributed by atoms with E-state index in [4.69, 9.17) is 0 Å². The Balaban J connectivity index is 2.05. The van der Waals surface area contributed by atoms with Gasteiger partial charge in [0.15, 0.2) is 0 Å². The van der Waals surface area contributed by atoms with Gasteiger partial charge in [0.05, 0.1) is 4.90 Å². The number of aromatic nitrogens is 1. The summed E-state index contributed by atoms with van der Waals surface area (Å²) >= 11 is 0. The van der Waals surface area contributed by atoms with Gasteiger partial charge in [-0.15, -0.1) is 0 Å². The number of nitrogens with one attached hydrogen (secondary N) is 2. The van der Waals surface area contributed by atoms with E-state index in [0.29, 0.717) is 18.0 Å². The first-order valence-electron chi connectivity index (χ1n) is 7.22. The van der Waals surface area contributed by atoms with Gasteiger partial charge in [0.25, 0.3) is 0 Å². The molecule has 1 heterocycles. The van der Waals surface area contributed by atoms with E-state index in [1.807, 2.05) is 18.7 Å². The van der Waals surface area contributed by atoms with Crippen molar-refractivity contribution >= 4 is 10.0 Å². The van der Waals surface area contributed by atoms with Crippen LogP contribution in [-0.2, 0) is 23.6 Å². The smallest absolute Gasteiger partial charge is 0.242 e. The molecule has 1 fully saturated rings. The van der Waals surface area contributed by atoms with E-state index >= 15 is 0 Å². The molecule has 5 nitrogen and oxygen atoms in total. The molecule has 2 rings (SSSR count). The highest BCUT2D eigenvalue weighted by Crippen LogP contribution is 2.49. The number of aryl methyl sites for hydroxylation is 1. The SMILES string of the molecule is CCCC1(CNS(=O)(=O)c2cc(CNC)n(C)c2)CC1. The van der Waals surface area contributed by atoms with E-state index in [9.17, 15) is 8.42 Å². The molecule has 1 aliphatic carbocycles. The molecule has 0 amide bonds. The first-order chi connectivity index (χ1) is 9.42. The maximum atomic E-state index is 12.3. The van der Waals surface area contributed by atoms with Crippen LogP contribution < -0.4 is 10.0 Å². The van der Waals surface area contributed by atoms with Gasteiger partial charge in [0.2, 0.25) is 10.0 Å². The zero-order valence-electron chi connectivity index (χ0n) is 12.6. The predicted octanol–water partition coefficient (Wildman–Crippen LogP) is 1.60. The van der Waals surface area contributed by atoms with E-state index in [2.05, 4.69) is 17.0 Å². The second-order valence-corrected chi connectivity index (χ2v) is 7.65. The van der Waals surface area contributed by atoms with Gasteiger partial charge in [-0.3, -0.25) is 0 Å². The van der Waals surface area contributed by atoms with Crippen molar-refractivity contribution < 1.29 is 8.42 Å². The molecular formula is C14H25N3O2S. The summed E-state index contributed by atoms with van der Waals surface area (Å²) in [6, 6.07) is 1.73. The minimum atomic E-state index is -3.39. The highest BCUT2D eigenvalue weighted by atomic mass is 32.2. The van der Waals surface area contributed by atoms with Gasteiger partial charge in [-0.2, -0.15) is 0 Å². The zero-order valence-corrected chi connectivity index (χ0v) is 13.4. The first kappa shape index (κ1) is 15.5. The van der Waals surface area contributed by atoms with Crippen LogP contribution in [-0.4, -0.2) is 26.6 Å². The average Bonchev–Trinajstić information content (AvgIpc) is 3.06. The van der Waals surface area contributed by atoms with Crippen LogP contribution in [0.3, 0.4) is 0 Å². The number of nitrogens with zero attached hydrogens (tertiary/aromatic N) is 1. The van der Waals surface area contributed by atoms with Crippen LogP contribution in [0.4, 0.5) is 0 Å². The second kappa shape index (κ2) is 5.87. The third-order valence-electron chi connectivity index (χ3n) is 4.13. The highest BCUT2D eigenvalue weighted by molar-refractivity contribution is 7.89. The number of hydrogen-bond donors (Lipinski definition) is 2. The lowest BCUT2D eigenvalue weighted by molar-refractivity contribution is 0.449. The third kappa shape index (κ3) is 3.42. The molecule has 20 heavy (non-hydrogen) atoms. The summed E-state index contributed by atoms with van der Waals surface area (Å²) in [5.41, 5.74) is 1.19. The van der Waals surface area contributed by atoms with Gasteiger partial charge in [0, 0.05) is 32.0 Å². The van der Waals surface area contributed by atoms with Crippen molar-refractivity contribution in [2.45, 2.75) is 44.0 Å². The second-order valence-electron chi connectivity index (χ2n) is 5.88. The molecule has 1 aromatic heterocycles. The molecule has 2 N–H and O–H groups in total. The zero-order chi connectivity index (χ0) is 14.8.